The van der Waals surface area contributed by atoms with Crippen molar-refractivity contribution in [2.24, 2.45) is 5.92 Å². The van der Waals surface area contributed by atoms with Crippen molar-refractivity contribution < 1.29 is 9.53 Å². The summed E-state index contributed by atoms with van der Waals surface area (Å²) < 4.78 is 5.65. The lowest BCUT2D eigenvalue weighted by Crippen LogP contribution is -2.18. The fourth-order valence-electron chi connectivity index (χ4n) is 2.08. The fraction of sp³-hybridized carbons (Fsp3) is 0.500. The van der Waals surface area contributed by atoms with E-state index in [1.807, 2.05) is 0 Å². The van der Waals surface area contributed by atoms with Crippen LogP contribution in [0.1, 0.15) is 36.0 Å². The Bertz CT molecular complexity index is 428. The number of hydrogen-bond acceptors (Lipinski definition) is 3. The van der Waals surface area contributed by atoms with Crippen LogP contribution in [-0.2, 0) is 0 Å². The predicted octanol–water partition coefficient (Wildman–Crippen LogP) is 2.20. The van der Waals surface area contributed by atoms with Crippen molar-refractivity contribution in [3.8, 4) is 5.75 Å². The largest absolute Gasteiger partial charge is 0.491 e. The highest BCUT2D eigenvalue weighted by Crippen LogP contribution is 2.30. The lowest BCUT2D eigenvalue weighted by atomic mass is 9.83. The SMILES string of the molecule is CNC(=O)c1ccc(OCCC2CCC2)c(N)c1. The molecule has 0 heterocycles. The molecular formula is C14H20N2O2. The van der Waals surface area contributed by atoms with Gasteiger partial charge in [-0.1, -0.05) is 19.3 Å². The van der Waals surface area contributed by atoms with Gasteiger partial charge in [0.25, 0.3) is 5.91 Å². The van der Waals surface area contributed by atoms with Gasteiger partial charge in [0.2, 0.25) is 0 Å². The third kappa shape index (κ3) is 2.94. The summed E-state index contributed by atoms with van der Waals surface area (Å²) in [5.41, 5.74) is 6.95. The molecule has 1 fully saturated rings. The van der Waals surface area contributed by atoms with Crippen LogP contribution >= 0.6 is 0 Å². The summed E-state index contributed by atoms with van der Waals surface area (Å²) in [5, 5.41) is 2.57. The second kappa shape index (κ2) is 5.76. The molecule has 2 rings (SSSR count). The number of rotatable bonds is 5. The van der Waals surface area contributed by atoms with Crippen LogP contribution in [0.25, 0.3) is 0 Å². The molecule has 98 valence electrons. The first-order valence-electron chi connectivity index (χ1n) is 6.45. The highest BCUT2D eigenvalue weighted by Gasteiger charge is 2.17. The summed E-state index contributed by atoms with van der Waals surface area (Å²) in [6.07, 6.45) is 5.10. The van der Waals surface area contributed by atoms with E-state index in [-0.39, 0.29) is 5.91 Å². The number of hydrogen-bond donors (Lipinski definition) is 2. The number of ether oxygens (including phenoxy) is 1. The monoisotopic (exact) mass is 248 g/mol. The Morgan fingerprint density at radius 1 is 1.50 bits per heavy atom. The van der Waals surface area contributed by atoms with Crippen LogP contribution in [0, 0.1) is 5.92 Å². The van der Waals surface area contributed by atoms with Gasteiger partial charge in [0.1, 0.15) is 5.75 Å². The van der Waals surface area contributed by atoms with Gasteiger partial charge < -0.3 is 15.8 Å². The van der Waals surface area contributed by atoms with E-state index >= 15 is 0 Å². The molecule has 1 aliphatic rings. The number of carbonyl (C=O) groups is 1. The molecule has 0 aromatic heterocycles. The van der Waals surface area contributed by atoms with Crippen molar-refractivity contribution in [1.29, 1.82) is 0 Å². The van der Waals surface area contributed by atoms with E-state index in [4.69, 9.17) is 10.5 Å². The zero-order valence-electron chi connectivity index (χ0n) is 10.7. The number of benzene rings is 1. The lowest BCUT2D eigenvalue weighted by molar-refractivity contribution is 0.0963. The van der Waals surface area contributed by atoms with Crippen molar-refractivity contribution in [1.82, 2.24) is 5.32 Å². The van der Waals surface area contributed by atoms with Crippen LogP contribution in [0.15, 0.2) is 18.2 Å². The smallest absolute Gasteiger partial charge is 0.251 e. The highest BCUT2D eigenvalue weighted by atomic mass is 16.5. The Balaban J connectivity index is 1.89. The maximum Gasteiger partial charge on any atom is 0.251 e. The number of nitrogen functional groups attached to an aromatic ring is 1. The maximum absolute atomic E-state index is 11.4. The standard InChI is InChI=1S/C14H20N2O2/c1-16-14(17)11-5-6-13(12(15)9-11)18-8-7-10-3-2-4-10/h5-6,9-10H,2-4,7-8,15H2,1H3,(H,16,17). The summed E-state index contributed by atoms with van der Waals surface area (Å²) in [7, 11) is 1.60. The average Bonchev–Trinajstić information content (AvgIpc) is 2.32. The van der Waals surface area contributed by atoms with Crippen molar-refractivity contribution in [2.45, 2.75) is 25.7 Å². The van der Waals surface area contributed by atoms with Crippen LogP contribution in [0.2, 0.25) is 0 Å². The van der Waals surface area contributed by atoms with E-state index in [9.17, 15) is 4.79 Å². The zero-order chi connectivity index (χ0) is 13.0. The van der Waals surface area contributed by atoms with Gasteiger partial charge in [-0.2, -0.15) is 0 Å². The molecule has 3 N–H and O–H groups in total. The predicted molar refractivity (Wildman–Crippen MR) is 71.7 cm³/mol. The Hall–Kier alpha value is -1.71. The minimum absolute atomic E-state index is 0.136. The summed E-state index contributed by atoms with van der Waals surface area (Å²) in [6.45, 7) is 0.703. The van der Waals surface area contributed by atoms with Crippen molar-refractivity contribution in [2.75, 3.05) is 19.4 Å². The van der Waals surface area contributed by atoms with Crippen LogP contribution in [0.3, 0.4) is 0 Å². The van der Waals surface area contributed by atoms with Crippen LogP contribution in [0.5, 0.6) is 5.75 Å². The Kier molecular flexibility index (Phi) is 4.07. The summed E-state index contributed by atoms with van der Waals surface area (Å²) in [6, 6.07) is 5.14. The number of amides is 1. The first kappa shape index (κ1) is 12.7. The molecule has 1 aromatic carbocycles. The second-order valence-electron chi connectivity index (χ2n) is 4.77. The molecule has 1 aromatic rings. The molecule has 0 radical (unpaired) electrons. The summed E-state index contributed by atoms with van der Waals surface area (Å²) in [4.78, 5) is 11.4. The van der Waals surface area contributed by atoms with Gasteiger partial charge in [0.05, 0.1) is 12.3 Å². The Morgan fingerprint density at radius 2 is 2.28 bits per heavy atom. The number of nitrogens with two attached hydrogens (primary N) is 1. The van der Waals surface area contributed by atoms with Crippen molar-refractivity contribution >= 4 is 11.6 Å². The molecule has 0 spiro atoms. The molecule has 0 unspecified atom stereocenters. The molecule has 1 amide bonds. The normalized spacial score (nSPS) is 14.9. The molecule has 0 atom stereocenters. The van der Waals surface area contributed by atoms with E-state index in [2.05, 4.69) is 5.32 Å². The summed E-state index contributed by atoms with van der Waals surface area (Å²) in [5.74, 6) is 1.36. The van der Waals surface area contributed by atoms with E-state index in [1.165, 1.54) is 19.3 Å². The average molecular weight is 248 g/mol. The van der Waals surface area contributed by atoms with Crippen LogP contribution < -0.4 is 15.8 Å². The zero-order valence-corrected chi connectivity index (χ0v) is 10.7. The van der Waals surface area contributed by atoms with Gasteiger partial charge in [0, 0.05) is 12.6 Å². The minimum atomic E-state index is -0.136. The molecule has 4 nitrogen and oxygen atoms in total. The molecular weight excluding hydrogens is 228 g/mol. The first-order valence-corrected chi connectivity index (χ1v) is 6.45. The van der Waals surface area contributed by atoms with Crippen LogP contribution in [0.4, 0.5) is 5.69 Å². The topological polar surface area (TPSA) is 64.3 Å². The third-order valence-electron chi connectivity index (χ3n) is 3.51. The van der Waals surface area contributed by atoms with Gasteiger partial charge in [-0.05, 0) is 30.5 Å². The molecule has 0 saturated heterocycles. The van der Waals surface area contributed by atoms with Crippen molar-refractivity contribution in [3.05, 3.63) is 23.8 Å². The van der Waals surface area contributed by atoms with E-state index < -0.39 is 0 Å². The van der Waals surface area contributed by atoms with Gasteiger partial charge in [0.15, 0.2) is 0 Å². The van der Waals surface area contributed by atoms with E-state index in [0.29, 0.717) is 23.6 Å². The van der Waals surface area contributed by atoms with E-state index in [0.717, 1.165) is 12.3 Å². The molecule has 4 heteroatoms. The minimum Gasteiger partial charge on any atom is -0.491 e. The lowest BCUT2D eigenvalue weighted by Gasteiger charge is -2.25. The molecule has 0 aliphatic heterocycles. The van der Waals surface area contributed by atoms with Gasteiger partial charge >= 0.3 is 0 Å². The van der Waals surface area contributed by atoms with Crippen molar-refractivity contribution in [3.63, 3.8) is 0 Å². The molecule has 1 saturated carbocycles. The van der Waals surface area contributed by atoms with Gasteiger partial charge in [-0.3, -0.25) is 4.79 Å². The maximum atomic E-state index is 11.4. The first-order chi connectivity index (χ1) is 8.70. The Labute approximate surface area is 108 Å². The van der Waals surface area contributed by atoms with E-state index in [1.54, 1.807) is 25.2 Å². The highest BCUT2D eigenvalue weighted by molar-refractivity contribution is 5.95. The van der Waals surface area contributed by atoms with Crippen LogP contribution in [-0.4, -0.2) is 19.6 Å². The number of anilines is 1. The summed E-state index contributed by atoms with van der Waals surface area (Å²) >= 11 is 0. The van der Waals surface area contributed by atoms with Gasteiger partial charge in [-0.15, -0.1) is 0 Å². The third-order valence-corrected chi connectivity index (χ3v) is 3.51. The van der Waals surface area contributed by atoms with Gasteiger partial charge in [-0.25, -0.2) is 0 Å². The Morgan fingerprint density at radius 3 is 2.83 bits per heavy atom. The molecule has 1 aliphatic carbocycles. The molecule has 0 bridgehead atoms. The second-order valence-corrected chi connectivity index (χ2v) is 4.77. The fourth-order valence-corrected chi connectivity index (χ4v) is 2.08. The quantitative estimate of drug-likeness (QED) is 0.785. The number of nitrogens with one attached hydrogen (secondary N) is 1. The molecule has 18 heavy (non-hydrogen) atoms. The number of carbonyl (C=O) groups excluding carboxylic acids is 1.